The second-order valence-corrected chi connectivity index (χ2v) is 5.52. The maximum Gasteiger partial charge on any atom is 0.169 e. The van der Waals surface area contributed by atoms with Gasteiger partial charge in [-0.3, -0.25) is 9.36 Å². The van der Waals surface area contributed by atoms with E-state index in [1.807, 2.05) is 17.7 Å². The van der Waals surface area contributed by atoms with Crippen molar-refractivity contribution in [1.29, 1.82) is 0 Å². The number of aryl methyl sites for hydroxylation is 2. The van der Waals surface area contributed by atoms with Gasteiger partial charge in [-0.1, -0.05) is 0 Å². The van der Waals surface area contributed by atoms with Gasteiger partial charge in [0.2, 0.25) is 0 Å². The van der Waals surface area contributed by atoms with Crippen LogP contribution in [0.5, 0.6) is 0 Å². The molecule has 0 radical (unpaired) electrons. The highest BCUT2D eigenvalue weighted by molar-refractivity contribution is 5.86. The number of hydrogen-bond donors (Lipinski definition) is 1. The third kappa shape index (κ3) is 0.924. The lowest BCUT2D eigenvalue weighted by Crippen LogP contribution is -2.39. The molecule has 1 aliphatic heterocycles. The monoisotopic (exact) mass is 234 g/mol. The number of hydrogen-bond acceptors (Lipinski definition) is 1. The summed E-state index contributed by atoms with van der Waals surface area (Å²) < 4.78 is 17.9. The zero-order chi connectivity index (χ0) is 11.9. The smallest absolute Gasteiger partial charge is 0.169 e. The Bertz CT molecular complexity index is 648. The average molecular weight is 234 g/mol. The van der Waals surface area contributed by atoms with Crippen LogP contribution in [-0.4, -0.2) is 20.1 Å². The summed E-state index contributed by atoms with van der Waals surface area (Å²) in [5, 5.41) is 10.4. The zero-order valence-electron chi connectivity index (χ0n) is 10.00. The minimum Gasteiger partial charge on any atom is -0.386 e. The van der Waals surface area contributed by atoms with Gasteiger partial charge in [-0.05, 0) is 44.7 Å². The van der Waals surface area contributed by atoms with E-state index in [-0.39, 0.29) is 12.0 Å². The van der Waals surface area contributed by atoms with Crippen LogP contribution in [0.2, 0.25) is 0 Å². The highest BCUT2D eigenvalue weighted by atomic mass is 19.1. The van der Waals surface area contributed by atoms with Gasteiger partial charge in [-0.2, -0.15) is 0 Å². The number of aliphatic hydroxyl groups is 1. The van der Waals surface area contributed by atoms with Gasteiger partial charge in [0.05, 0.1) is 11.0 Å². The number of halogens is 1. The first-order chi connectivity index (χ1) is 8.04. The maximum atomic E-state index is 13.8. The third-order valence-electron chi connectivity index (χ3n) is 4.44. The molecule has 1 aromatic carbocycles. The van der Waals surface area contributed by atoms with E-state index in [2.05, 4.69) is 4.68 Å². The molecule has 0 bridgehead atoms. The molecule has 1 saturated carbocycles. The Kier molecular flexibility index (Phi) is 1.48. The largest absolute Gasteiger partial charge is 0.386 e. The summed E-state index contributed by atoms with van der Waals surface area (Å²) in [6, 6.07) is 1.89. The summed E-state index contributed by atoms with van der Waals surface area (Å²) in [5.74, 6) is -0.116. The Labute approximate surface area is 98.4 Å². The number of fused-ring (bicyclic) bond motifs is 4. The number of nitrogens with zero attached hydrogens (tertiary/aromatic N) is 2. The molecular formula is C13H15FN2O. The van der Waals surface area contributed by atoms with Crippen molar-refractivity contribution < 1.29 is 9.50 Å². The maximum absolute atomic E-state index is 13.8. The van der Waals surface area contributed by atoms with Crippen LogP contribution in [0.3, 0.4) is 0 Å². The van der Waals surface area contributed by atoms with Crippen LogP contribution in [0.4, 0.5) is 4.39 Å². The highest BCUT2D eigenvalue weighted by Crippen LogP contribution is 2.53. The van der Waals surface area contributed by atoms with Crippen LogP contribution in [0.25, 0.3) is 11.0 Å². The van der Waals surface area contributed by atoms with E-state index < -0.39 is 5.60 Å². The topological polar surface area (TPSA) is 30.1 Å². The molecule has 1 unspecified atom stereocenters. The molecule has 0 saturated heterocycles. The van der Waals surface area contributed by atoms with Gasteiger partial charge in [-0.15, -0.1) is 0 Å². The van der Waals surface area contributed by atoms with E-state index in [9.17, 15) is 9.50 Å². The minimum absolute atomic E-state index is 0.0612. The van der Waals surface area contributed by atoms with Gasteiger partial charge >= 0.3 is 0 Å². The number of aromatic nitrogens is 2. The lowest BCUT2D eigenvalue weighted by Gasteiger charge is -2.34. The highest BCUT2D eigenvalue weighted by Gasteiger charge is 2.56. The van der Waals surface area contributed by atoms with Crippen molar-refractivity contribution in [2.45, 2.75) is 44.9 Å². The van der Waals surface area contributed by atoms with E-state index in [4.69, 9.17) is 0 Å². The fourth-order valence-electron chi connectivity index (χ4n) is 3.25. The molecule has 4 heteroatoms. The van der Waals surface area contributed by atoms with E-state index in [1.54, 1.807) is 6.92 Å². The number of rotatable bonds is 1. The van der Waals surface area contributed by atoms with E-state index in [0.717, 1.165) is 30.3 Å². The Hall–Kier alpha value is -1.29. The molecule has 1 N–H and O–H groups in total. The van der Waals surface area contributed by atoms with E-state index in [0.29, 0.717) is 11.1 Å². The van der Waals surface area contributed by atoms with Gasteiger partial charge < -0.3 is 5.11 Å². The van der Waals surface area contributed by atoms with Crippen LogP contribution in [0.15, 0.2) is 6.07 Å². The van der Waals surface area contributed by atoms with Crippen molar-refractivity contribution >= 4 is 11.0 Å². The van der Waals surface area contributed by atoms with Gasteiger partial charge in [0, 0.05) is 5.56 Å². The van der Waals surface area contributed by atoms with Crippen molar-refractivity contribution in [3.05, 3.63) is 23.0 Å². The van der Waals surface area contributed by atoms with Crippen molar-refractivity contribution in [2.24, 2.45) is 0 Å². The minimum atomic E-state index is -0.574. The van der Waals surface area contributed by atoms with E-state index >= 15 is 0 Å². The molecule has 1 fully saturated rings. The summed E-state index contributed by atoms with van der Waals surface area (Å²) in [7, 11) is 0. The fourth-order valence-corrected chi connectivity index (χ4v) is 3.25. The zero-order valence-corrected chi connectivity index (χ0v) is 10.00. The van der Waals surface area contributed by atoms with Gasteiger partial charge in [0.1, 0.15) is 11.4 Å². The average Bonchev–Trinajstić information content (AvgIpc) is 2.89. The van der Waals surface area contributed by atoms with Crippen LogP contribution >= 0.6 is 0 Å². The summed E-state index contributed by atoms with van der Waals surface area (Å²) in [6.07, 6.45) is 2.88. The molecule has 17 heavy (non-hydrogen) atoms. The molecule has 3 nitrogen and oxygen atoms in total. The van der Waals surface area contributed by atoms with Crippen LogP contribution < -0.4 is 0 Å². The number of benzene rings is 1. The van der Waals surface area contributed by atoms with Gasteiger partial charge in [0.25, 0.3) is 0 Å². The molecule has 1 atom stereocenters. The van der Waals surface area contributed by atoms with Crippen molar-refractivity contribution in [3.8, 4) is 0 Å². The summed E-state index contributed by atoms with van der Waals surface area (Å²) in [4.78, 5) is 0. The normalized spacial score (nSPS) is 24.8. The van der Waals surface area contributed by atoms with Crippen molar-refractivity contribution in [1.82, 2.24) is 9.36 Å². The first-order valence-corrected chi connectivity index (χ1v) is 6.15. The fraction of sp³-hybridized carbons (Fsp3) is 0.538. The lowest BCUT2D eigenvalue weighted by molar-refractivity contribution is -0.0505. The summed E-state index contributed by atoms with van der Waals surface area (Å²) >= 11 is 0. The second-order valence-electron chi connectivity index (χ2n) is 5.52. The summed E-state index contributed by atoms with van der Waals surface area (Å²) in [6.45, 7) is 3.61. The Morgan fingerprint density at radius 1 is 1.35 bits per heavy atom. The first-order valence-electron chi connectivity index (χ1n) is 6.15. The van der Waals surface area contributed by atoms with E-state index in [1.165, 1.54) is 0 Å². The molecule has 1 aliphatic carbocycles. The van der Waals surface area contributed by atoms with Crippen LogP contribution in [0.1, 0.15) is 36.6 Å². The lowest BCUT2D eigenvalue weighted by atomic mass is 9.79. The molecule has 2 aromatic rings. The molecule has 90 valence electrons. The molecule has 4 rings (SSSR count). The van der Waals surface area contributed by atoms with Crippen molar-refractivity contribution in [2.75, 3.05) is 0 Å². The predicted octanol–water partition coefficient (Wildman–Crippen LogP) is 2.47. The Morgan fingerprint density at radius 2 is 2.06 bits per heavy atom. The van der Waals surface area contributed by atoms with Gasteiger partial charge in [-0.25, -0.2) is 4.39 Å². The van der Waals surface area contributed by atoms with Crippen LogP contribution in [0, 0.1) is 19.7 Å². The third-order valence-corrected chi connectivity index (χ3v) is 4.44. The predicted molar refractivity (Wildman–Crippen MR) is 62.6 cm³/mol. The molecule has 0 amide bonds. The second kappa shape index (κ2) is 2.58. The Balaban J connectivity index is 1.88. The SMILES string of the molecule is Cc1cc2c(c(C)c1F)n1n2C1C1(O)CCC1. The first kappa shape index (κ1) is 9.71. The Morgan fingerprint density at radius 3 is 2.65 bits per heavy atom. The standard InChI is InChI=1S/C13H15FN2O/c1-7-6-9-11(8(2)10(7)14)16-12(15(9)16)13(17)4-3-5-13/h6,12,17H,3-5H2,1-2H3. The molecule has 2 heterocycles. The molecule has 1 aromatic heterocycles. The summed E-state index contributed by atoms with van der Waals surface area (Å²) in [5.41, 5.74) is 2.87. The molecule has 2 aliphatic rings. The molecule has 0 spiro atoms. The van der Waals surface area contributed by atoms with Crippen molar-refractivity contribution in [3.63, 3.8) is 0 Å². The quantitative estimate of drug-likeness (QED) is 0.807. The molecular weight excluding hydrogens is 219 g/mol. The van der Waals surface area contributed by atoms with Crippen LogP contribution in [-0.2, 0) is 0 Å². The van der Waals surface area contributed by atoms with Gasteiger partial charge in [0.15, 0.2) is 6.17 Å².